The molecule has 1 aliphatic carbocycles. The Kier molecular flexibility index (Phi) is 10.1. The molecule has 146 valence electrons. The number of ether oxygens (including phenoxy) is 2. The molecule has 0 heterocycles. The molecule has 2 N–H and O–H groups in total. The zero-order chi connectivity index (χ0) is 18.5. The first-order chi connectivity index (χ1) is 12.8. The van der Waals surface area contributed by atoms with Gasteiger partial charge in [-0.1, -0.05) is 43.2 Å². The van der Waals surface area contributed by atoms with Gasteiger partial charge in [-0.3, -0.25) is 4.99 Å². The average molecular weight is 362 g/mol. The minimum atomic E-state index is 0.133. The lowest BCUT2D eigenvalue weighted by Crippen LogP contribution is -2.38. The van der Waals surface area contributed by atoms with Crippen molar-refractivity contribution in [1.29, 1.82) is 0 Å². The molecule has 0 aliphatic heterocycles. The van der Waals surface area contributed by atoms with Crippen LogP contribution in [0, 0.1) is 0 Å². The molecule has 1 fully saturated rings. The lowest BCUT2D eigenvalue weighted by molar-refractivity contribution is 0.0574. The fourth-order valence-corrected chi connectivity index (χ4v) is 3.16. The van der Waals surface area contributed by atoms with E-state index in [2.05, 4.69) is 34.7 Å². The van der Waals surface area contributed by atoms with Gasteiger partial charge in [0.05, 0.1) is 12.2 Å². The first kappa shape index (κ1) is 20.7. The molecule has 1 aromatic rings. The second-order valence-corrected chi connectivity index (χ2v) is 6.83. The summed E-state index contributed by atoms with van der Waals surface area (Å²) < 4.78 is 11.8. The molecule has 5 nitrogen and oxygen atoms in total. The zero-order valence-corrected chi connectivity index (χ0v) is 16.4. The van der Waals surface area contributed by atoms with E-state index in [9.17, 15) is 0 Å². The standard InChI is InChI=1S/C21H35N3O2/c1-18(19-10-4-3-5-11-19)25-16-8-14-23-21(22-2)24-15-9-17-26-20-12-6-7-13-20/h3-5,10-11,18,20H,6-9,12-17H2,1-2H3,(H2,22,23,24). The van der Waals surface area contributed by atoms with Crippen molar-refractivity contribution in [2.45, 2.75) is 57.7 Å². The maximum atomic E-state index is 5.89. The van der Waals surface area contributed by atoms with Crippen molar-refractivity contribution in [2.75, 3.05) is 33.4 Å². The first-order valence-electron chi connectivity index (χ1n) is 10.0. The van der Waals surface area contributed by atoms with Gasteiger partial charge in [0.2, 0.25) is 0 Å². The fourth-order valence-electron chi connectivity index (χ4n) is 3.16. The third-order valence-electron chi connectivity index (χ3n) is 4.74. The van der Waals surface area contributed by atoms with Crippen LogP contribution >= 0.6 is 0 Å². The highest BCUT2D eigenvalue weighted by Crippen LogP contribution is 2.20. The summed E-state index contributed by atoms with van der Waals surface area (Å²) in [5.74, 6) is 0.849. The van der Waals surface area contributed by atoms with Gasteiger partial charge in [-0.15, -0.1) is 0 Å². The van der Waals surface area contributed by atoms with Crippen LogP contribution < -0.4 is 10.6 Å². The Morgan fingerprint density at radius 3 is 2.38 bits per heavy atom. The maximum Gasteiger partial charge on any atom is 0.190 e. The van der Waals surface area contributed by atoms with Gasteiger partial charge in [0, 0.05) is 33.4 Å². The van der Waals surface area contributed by atoms with Crippen molar-refractivity contribution < 1.29 is 9.47 Å². The van der Waals surface area contributed by atoms with E-state index in [1.807, 2.05) is 18.2 Å². The largest absolute Gasteiger partial charge is 0.378 e. The highest BCUT2D eigenvalue weighted by atomic mass is 16.5. The topological polar surface area (TPSA) is 54.9 Å². The Morgan fingerprint density at radius 1 is 1.08 bits per heavy atom. The second-order valence-electron chi connectivity index (χ2n) is 6.83. The molecule has 26 heavy (non-hydrogen) atoms. The van der Waals surface area contributed by atoms with Gasteiger partial charge in [0.25, 0.3) is 0 Å². The molecule has 1 atom stereocenters. The van der Waals surface area contributed by atoms with Gasteiger partial charge in [0.1, 0.15) is 0 Å². The molecule has 1 saturated carbocycles. The molecule has 0 radical (unpaired) electrons. The van der Waals surface area contributed by atoms with Crippen LogP contribution in [0.4, 0.5) is 0 Å². The summed E-state index contributed by atoms with van der Waals surface area (Å²) in [4.78, 5) is 4.26. The van der Waals surface area contributed by atoms with Crippen LogP contribution in [0.1, 0.15) is 57.1 Å². The van der Waals surface area contributed by atoms with E-state index in [-0.39, 0.29) is 6.10 Å². The zero-order valence-electron chi connectivity index (χ0n) is 16.4. The molecular formula is C21H35N3O2. The third-order valence-corrected chi connectivity index (χ3v) is 4.74. The summed E-state index contributed by atoms with van der Waals surface area (Å²) in [6, 6.07) is 10.3. The number of hydrogen-bond donors (Lipinski definition) is 2. The number of guanidine groups is 1. The summed E-state index contributed by atoms with van der Waals surface area (Å²) in [7, 11) is 1.80. The summed E-state index contributed by atoms with van der Waals surface area (Å²) >= 11 is 0. The lowest BCUT2D eigenvalue weighted by atomic mass is 10.1. The highest BCUT2D eigenvalue weighted by Gasteiger charge is 2.14. The minimum Gasteiger partial charge on any atom is -0.378 e. The number of nitrogens with one attached hydrogen (secondary N) is 2. The van der Waals surface area contributed by atoms with E-state index < -0.39 is 0 Å². The van der Waals surface area contributed by atoms with Crippen LogP contribution in [-0.4, -0.2) is 45.4 Å². The van der Waals surface area contributed by atoms with Crippen LogP contribution in [-0.2, 0) is 9.47 Å². The van der Waals surface area contributed by atoms with E-state index in [1.165, 1.54) is 31.2 Å². The summed E-state index contributed by atoms with van der Waals surface area (Å²) in [6.45, 7) is 5.39. The van der Waals surface area contributed by atoms with Crippen LogP contribution in [0.5, 0.6) is 0 Å². The SMILES string of the molecule is CN=C(NCCCOC1CCCC1)NCCCOC(C)c1ccccc1. The fraction of sp³-hybridized carbons (Fsp3) is 0.667. The molecule has 0 bridgehead atoms. The van der Waals surface area contributed by atoms with E-state index >= 15 is 0 Å². The van der Waals surface area contributed by atoms with Crippen molar-refractivity contribution in [3.8, 4) is 0 Å². The van der Waals surface area contributed by atoms with Gasteiger partial charge in [-0.05, 0) is 38.2 Å². The quantitative estimate of drug-likeness (QED) is 0.359. The molecule has 2 rings (SSSR count). The Labute approximate surface area is 158 Å². The van der Waals surface area contributed by atoms with Crippen LogP contribution in [0.25, 0.3) is 0 Å². The molecule has 1 aromatic carbocycles. The summed E-state index contributed by atoms with van der Waals surface area (Å²) in [6.07, 6.45) is 7.72. The van der Waals surface area contributed by atoms with E-state index in [0.29, 0.717) is 6.10 Å². The molecule has 5 heteroatoms. The van der Waals surface area contributed by atoms with Crippen molar-refractivity contribution in [2.24, 2.45) is 4.99 Å². The molecule has 0 spiro atoms. The normalized spacial score (nSPS) is 16.6. The van der Waals surface area contributed by atoms with Crippen LogP contribution in [0.3, 0.4) is 0 Å². The van der Waals surface area contributed by atoms with E-state index in [0.717, 1.165) is 45.1 Å². The molecule has 0 aromatic heterocycles. The highest BCUT2D eigenvalue weighted by molar-refractivity contribution is 5.79. The smallest absolute Gasteiger partial charge is 0.190 e. The molecule has 0 saturated heterocycles. The lowest BCUT2D eigenvalue weighted by Gasteiger charge is -2.15. The van der Waals surface area contributed by atoms with Gasteiger partial charge in [-0.25, -0.2) is 0 Å². The Bertz CT molecular complexity index is 501. The second kappa shape index (κ2) is 12.7. The molecule has 1 aliphatic rings. The van der Waals surface area contributed by atoms with Gasteiger partial charge >= 0.3 is 0 Å². The van der Waals surface area contributed by atoms with Crippen LogP contribution in [0.15, 0.2) is 35.3 Å². The number of nitrogens with zero attached hydrogens (tertiary/aromatic N) is 1. The predicted octanol–water partition coefficient (Wildman–Crippen LogP) is 3.67. The predicted molar refractivity (Wildman–Crippen MR) is 108 cm³/mol. The van der Waals surface area contributed by atoms with Gasteiger partial charge in [0.15, 0.2) is 5.96 Å². The van der Waals surface area contributed by atoms with Crippen molar-refractivity contribution >= 4 is 5.96 Å². The van der Waals surface area contributed by atoms with E-state index in [4.69, 9.17) is 9.47 Å². The summed E-state index contributed by atoms with van der Waals surface area (Å²) in [5, 5.41) is 6.67. The van der Waals surface area contributed by atoms with Crippen molar-refractivity contribution in [3.63, 3.8) is 0 Å². The van der Waals surface area contributed by atoms with Gasteiger partial charge < -0.3 is 20.1 Å². The summed E-state index contributed by atoms with van der Waals surface area (Å²) in [5.41, 5.74) is 1.22. The Hall–Kier alpha value is -1.59. The number of rotatable bonds is 11. The van der Waals surface area contributed by atoms with Crippen LogP contribution in [0.2, 0.25) is 0 Å². The average Bonchev–Trinajstić information content (AvgIpc) is 3.20. The maximum absolute atomic E-state index is 5.89. The van der Waals surface area contributed by atoms with Crippen molar-refractivity contribution in [3.05, 3.63) is 35.9 Å². The molecule has 0 amide bonds. The molecule has 1 unspecified atom stereocenters. The number of benzene rings is 1. The van der Waals surface area contributed by atoms with Crippen molar-refractivity contribution in [1.82, 2.24) is 10.6 Å². The monoisotopic (exact) mass is 361 g/mol. The Balaban J connectivity index is 1.46. The third kappa shape index (κ3) is 8.19. The molecular weight excluding hydrogens is 326 g/mol. The number of aliphatic imine (C=N–C) groups is 1. The first-order valence-corrected chi connectivity index (χ1v) is 10.0. The van der Waals surface area contributed by atoms with E-state index in [1.54, 1.807) is 7.05 Å². The Morgan fingerprint density at radius 2 is 1.73 bits per heavy atom. The minimum absolute atomic E-state index is 0.133. The van der Waals surface area contributed by atoms with Gasteiger partial charge in [-0.2, -0.15) is 0 Å². The number of hydrogen-bond acceptors (Lipinski definition) is 3.